The predicted octanol–water partition coefficient (Wildman–Crippen LogP) is 2.97. The maximum absolute atomic E-state index is 11.1. The molecule has 0 bridgehead atoms. The molecule has 0 aliphatic carbocycles. The number of benzene rings is 1. The van der Waals surface area contributed by atoms with Gasteiger partial charge < -0.3 is 10.0 Å². The lowest BCUT2D eigenvalue weighted by molar-refractivity contribution is -0.117. The van der Waals surface area contributed by atoms with Crippen LogP contribution in [0.3, 0.4) is 0 Å². The molecule has 3 heteroatoms. The number of likely N-dealkylation sites (tertiary alicyclic amines) is 1. The third-order valence-electron chi connectivity index (χ3n) is 4.85. The van der Waals surface area contributed by atoms with Crippen LogP contribution in [0.25, 0.3) is 0 Å². The number of carbonyl (C=O) groups excluding carboxylic acids is 1. The molecule has 0 unspecified atom stereocenters. The smallest absolute Gasteiger partial charge is 0.131 e. The number of piperidine rings is 1. The van der Waals surface area contributed by atoms with Crippen molar-refractivity contribution in [1.29, 1.82) is 0 Å². The van der Waals surface area contributed by atoms with Crippen LogP contribution in [0.1, 0.15) is 39.2 Å². The first-order valence-electron chi connectivity index (χ1n) is 7.43. The van der Waals surface area contributed by atoms with Crippen LogP contribution in [0.5, 0.6) is 5.75 Å². The van der Waals surface area contributed by atoms with Gasteiger partial charge in [-0.25, -0.2) is 0 Å². The van der Waals surface area contributed by atoms with E-state index in [1.807, 2.05) is 12.1 Å². The number of aromatic hydroxyl groups is 1. The van der Waals surface area contributed by atoms with Crippen LogP contribution in [0.4, 0.5) is 0 Å². The van der Waals surface area contributed by atoms with E-state index in [2.05, 4.69) is 24.8 Å². The van der Waals surface area contributed by atoms with E-state index in [9.17, 15) is 9.90 Å². The largest absolute Gasteiger partial charge is 0.508 e. The van der Waals surface area contributed by atoms with E-state index >= 15 is 0 Å². The van der Waals surface area contributed by atoms with Crippen molar-refractivity contribution in [2.45, 2.75) is 39.0 Å². The molecule has 1 aromatic rings. The molecule has 1 N–H and O–H groups in total. The van der Waals surface area contributed by atoms with Crippen LogP contribution < -0.4 is 0 Å². The molecule has 110 valence electrons. The first-order valence-corrected chi connectivity index (χ1v) is 7.43. The number of rotatable bonds is 4. The zero-order valence-electron chi connectivity index (χ0n) is 12.7. The third kappa shape index (κ3) is 3.21. The Hall–Kier alpha value is -1.35. The van der Waals surface area contributed by atoms with Crippen molar-refractivity contribution >= 4 is 5.78 Å². The van der Waals surface area contributed by atoms with Crippen LogP contribution in [0.15, 0.2) is 24.3 Å². The average Bonchev–Trinajstić information content (AvgIpc) is 2.40. The second-order valence-corrected chi connectivity index (χ2v) is 6.37. The molecule has 2 atom stereocenters. The highest BCUT2D eigenvalue weighted by Crippen LogP contribution is 2.40. The zero-order valence-corrected chi connectivity index (χ0v) is 12.7. The van der Waals surface area contributed by atoms with Crippen molar-refractivity contribution in [3.63, 3.8) is 0 Å². The Morgan fingerprint density at radius 1 is 1.50 bits per heavy atom. The number of hydrogen-bond acceptors (Lipinski definition) is 3. The van der Waals surface area contributed by atoms with Crippen molar-refractivity contribution in [3.05, 3.63) is 29.8 Å². The second kappa shape index (κ2) is 5.96. The van der Waals surface area contributed by atoms with Gasteiger partial charge in [0, 0.05) is 19.5 Å². The molecule has 1 saturated heterocycles. The molecule has 0 amide bonds. The summed E-state index contributed by atoms with van der Waals surface area (Å²) in [5.74, 6) is 1.11. The van der Waals surface area contributed by atoms with Crippen LogP contribution in [-0.4, -0.2) is 35.4 Å². The summed E-state index contributed by atoms with van der Waals surface area (Å²) in [4.78, 5) is 13.5. The van der Waals surface area contributed by atoms with Gasteiger partial charge in [-0.3, -0.25) is 4.79 Å². The molecule has 20 heavy (non-hydrogen) atoms. The molecular formula is C17H25NO2. The quantitative estimate of drug-likeness (QED) is 0.918. The summed E-state index contributed by atoms with van der Waals surface area (Å²) in [5.41, 5.74) is 1.32. The topological polar surface area (TPSA) is 40.5 Å². The lowest BCUT2D eigenvalue weighted by Gasteiger charge is -2.45. The first-order chi connectivity index (χ1) is 9.41. The van der Waals surface area contributed by atoms with E-state index in [1.54, 1.807) is 13.0 Å². The zero-order chi connectivity index (χ0) is 14.8. The van der Waals surface area contributed by atoms with Crippen LogP contribution in [-0.2, 0) is 10.2 Å². The molecule has 1 heterocycles. The molecule has 1 aliphatic heterocycles. The minimum Gasteiger partial charge on any atom is -0.508 e. The number of phenolic OH excluding ortho intramolecular Hbond substituents is 1. The Morgan fingerprint density at radius 3 is 2.85 bits per heavy atom. The summed E-state index contributed by atoms with van der Waals surface area (Å²) in [6.45, 7) is 9.11. The molecule has 1 aliphatic rings. The Morgan fingerprint density at radius 2 is 2.25 bits per heavy atom. The van der Waals surface area contributed by atoms with Gasteiger partial charge >= 0.3 is 0 Å². The van der Waals surface area contributed by atoms with Gasteiger partial charge in [-0.15, -0.1) is 0 Å². The van der Waals surface area contributed by atoms with E-state index in [0.717, 1.165) is 26.1 Å². The summed E-state index contributed by atoms with van der Waals surface area (Å²) in [6.07, 6.45) is 1.71. The number of nitrogens with zero attached hydrogens (tertiary/aromatic N) is 1. The molecule has 3 nitrogen and oxygen atoms in total. The number of carbonyl (C=O) groups is 1. The Bertz CT molecular complexity index is 486. The summed E-state index contributed by atoms with van der Waals surface area (Å²) in [5, 5.41) is 9.69. The third-order valence-corrected chi connectivity index (χ3v) is 4.85. The number of Topliss-reactive ketones (excluding diaryl/α,β-unsaturated/α-hetero) is 1. The maximum atomic E-state index is 11.1. The normalized spacial score (nSPS) is 27.4. The van der Waals surface area contributed by atoms with Crippen LogP contribution in [0, 0.1) is 5.92 Å². The van der Waals surface area contributed by atoms with Gasteiger partial charge in [-0.1, -0.05) is 26.0 Å². The second-order valence-electron chi connectivity index (χ2n) is 6.37. The fraction of sp³-hybridized carbons (Fsp3) is 0.588. The predicted molar refractivity (Wildman–Crippen MR) is 81.0 cm³/mol. The Labute approximate surface area is 121 Å². The minimum absolute atomic E-state index is 0.103. The fourth-order valence-corrected chi connectivity index (χ4v) is 3.13. The van der Waals surface area contributed by atoms with Crippen molar-refractivity contribution in [3.8, 4) is 5.75 Å². The minimum atomic E-state index is 0.103. The van der Waals surface area contributed by atoms with Gasteiger partial charge in [0.1, 0.15) is 11.5 Å². The summed E-state index contributed by atoms with van der Waals surface area (Å²) >= 11 is 0. The summed E-state index contributed by atoms with van der Waals surface area (Å²) < 4.78 is 0. The SMILES string of the molecule is CC(=O)CCN1CC[C@@](C)(c2cccc(O)c2)[C@@H](C)C1. The summed E-state index contributed by atoms with van der Waals surface area (Å²) in [6, 6.07) is 7.65. The lowest BCUT2D eigenvalue weighted by Crippen LogP contribution is -2.47. The van der Waals surface area contributed by atoms with Crippen LogP contribution in [0.2, 0.25) is 0 Å². The monoisotopic (exact) mass is 275 g/mol. The highest BCUT2D eigenvalue weighted by Gasteiger charge is 2.37. The lowest BCUT2D eigenvalue weighted by atomic mass is 9.68. The van der Waals surface area contributed by atoms with Crippen molar-refractivity contribution < 1.29 is 9.90 Å². The molecule has 1 fully saturated rings. The standard InChI is InChI=1S/C17H25NO2/c1-13-12-18(9-7-14(2)19)10-8-17(13,3)15-5-4-6-16(20)11-15/h4-6,11,13,20H,7-10,12H2,1-3H3/t13-,17+/m0/s1. The van der Waals surface area contributed by atoms with Gasteiger partial charge in [0.15, 0.2) is 0 Å². The molecule has 0 saturated carbocycles. The number of ketones is 1. The molecule has 0 aromatic heterocycles. The molecule has 2 rings (SSSR count). The van der Waals surface area contributed by atoms with Gasteiger partial charge in [0.05, 0.1) is 0 Å². The van der Waals surface area contributed by atoms with E-state index in [0.29, 0.717) is 18.1 Å². The highest BCUT2D eigenvalue weighted by atomic mass is 16.3. The average molecular weight is 275 g/mol. The van der Waals surface area contributed by atoms with E-state index < -0.39 is 0 Å². The molecular weight excluding hydrogens is 250 g/mol. The maximum Gasteiger partial charge on any atom is 0.131 e. The Balaban J connectivity index is 2.06. The first kappa shape index (κ1) is 15.0. The number of phenols is 1. The van der Waals surface area contributed by atoms with Gasteiger partial charge in [-0.2, -0.15) is 0 Å². The van der Waals surface area contributed by atoms with Gasteiger partial charge in [0.2, 0.25) is 0 Å². The Kier molecular flexibility index (Phi) is 4.48. The van der Waals surface area contributed by atoms with Crippen molar-refractivity contribution in [2.24, 2.45) is 5.92 Å². The van der Waals surface area contributed by atoms with Crippen molar-refractivity contribution in [1.82, 2.24) is 4.90 Å². The molecule has 0 spiro atoms. The summed E-state index contributed by atoms with van der Waals surface area (Å²) in [7, 11) is 0. The van der Waals surface area contributed by atoms with Gasteiger partial charge in [0.25, 0.3) is 0 Å². The van der Waals surface area contributed by atoms with Crippen molar-refractivity contribution in [2.75, 3.05) is 19.6 Å². The highest BCUT2D eigenvalue weighted by molar-refractivity contribution is 5.75. The number of hydrogen-bond donors (Lipinski definition) is 1. The van der Waals surface area contributed by atoms with E-state index in [-0.39, 0.29) is 11.2 Å². The molecule has 0 radical (unpaired) electrons. The van der Waals surface area contributed by atoms with E-state index in [4.69, 9.17) is 0 Å². The van der Waals surface area contributed by atoms with E-state index in [1.165, 1.54) is 5.56 Å². The van der Waals surface area contributed by atoms with Gasteiger partial charge in [-0.05, 0) is 48.9 Å². The van der Waals surface area contributed by atoms with Crippen LogP contribution >= 0.6 is 0 Å². The fourth-order valence-electron chi connectivity index (χ4n) is 3.13. The molecule has 1 aromatic carbocycles.